The third-order valence-corrected chi connectivity index (χ3v) is 8.15. The van der Waals surface area contributed by atoms with Crippen molar-refractivity contribution in [2.75, 3.05) is 18.0 Å². The third kappa shape index (κ3) is 4.71. The van der Waals surface area contributed by atoms with Crippen LogP contribution in [-0.2, 0) is 10.0 Å². The molecule has 2 aromatic heterocycles. The second-order valence-corrected chi connectivity index (χ2v) is 10.5. The average molecular weight is 481 g/mol. The van der Waals surface area contributed by atoms with Crippen LogP contribution < -0.4 is 4.90 Å². The van der Waals surface area contributed by atoms with Gasteiger partial charge >= 0.3 is 6.18 Å². The number of aromatic nitrogens is 3. The Morgan fingerprint density at radius 1 is 1.06 bits per heavy atom. The molecule has 0 N–H and O–H groups in total. The van der Waals surface area contributed by atoms with Crippen molar-refractivity contribution in [1.82, 2.24) is 13.9 Å². The molecule has 178 valence electrons. The predicted octanol–water partition coefficient (Wildman–Crippen LogP) is 5.17. The van der Waals surface area contributed by atoms with E-state index in [9.17, 15) is 21.6 Å². The number of fused-ring (bicyclic) bond motifs is 1. The Labute approximate surface area is 191 Å². The first-order valence-corrected chi connectivity index (χ1v) is 12.5. The molecular weight excluding hydrogens is 453 g/mol. The lowest BCUT2D eigenvalue weighted by atomic mass is 9.81. The minimum absolute atomic E-state index is 0.131. The number of halogens is 3. The molecule has 1 fully saturated rings. The van der Waals surface area contributed by atoms with Crippen molar-refractivity contribution in [1.29, 1.82) is 0 Å². The van der Waals surface area contributed by atoms with Crippen LogP contribution in [0.15, 0.2) is 47.8 Å². The summed E-state index contributed by atoms with van der Waals surface area (Å²) >= 11 is 0. The zero-order valence-corrected chi connectivity index (χ0v) is 19.4. The predicted molar refractivity (Wildman–Crippen MR) is 121 cm³/mol. The minimum Gasteiger partial charge on any atom is -0.356 e. The Balaban J connectivity index is 1.60. The summed E-state index contributed by atoms with van der Waals surface area (Å²) in [4.78, 5) is 10.8. The van der Waals surface area contributed by atoms with Gasteiger partial charge < -0.3 is 4.90 Å². The molecule has 0 amide bonds. The first-order chi connectivity index (χ1) is 15.6. The van der Waals surface area contributed by atoms with Gasteiger partial charge in [-0.1, -0.05) is 17.7 Å². The maximum absolute atomic E-state index is 13.2. The van der Waals surface area contributed by atoms with Crippen LogP contribution in [0.4, 0.5) is 19.0 Å². The fraction of sp³-hybridized carbons (Fsp3) is 0.478. The Morgan fingerprint density at radius 3 is 2.33 bits per heavy atom. The van der Waals surface area contributed by atoms with Gasteiger partial charge in [-0.2, -0.15) is 13.2 Å². The Kier molecular flexibility index (Phi) is 6.39. The lowest BCUT2D eigenvalue weighted by molar-refractivity contribution is -0.183. The highest BCUT2D eigenvalue weighted by molar-refractivity contribution is 7.90. The summed E-state index contributed by atoms with van der Waals surface area (Å²) in [7, 11) is -3.83. The molecule has 0 radical (unpaired) electrons. The highest BCUT2D eigenvalue weighted by Gasteiger charge is 2.41. The molecule has 4 rings (SSSR count). The van der Waals surface area contributed by atoms with E-state index in [-0.39, 0.29) is 29.3 Å². The molecule has 3 aromatic rings. The summed E-state index contributed by atoms with van der Waals surface area (Å²) in [6.07, 6.45) is 0.00410. The number of hydrogen-bond donors (Lipinski definition) is 0. The van der Waals surface area contributed by atoms with E-state index in [4.69, 9.17) is 0 Å². The van der Waals surface area contributed by atoms with Crippen molar-refractivity contribution in [3.05, 3.63) is 48.4 Å². The van der Waals surface area contributed by atoms with Crippen LogP contribution in [0.1, 0.15) is 38.2 Å². The van der Waals surface area contributed by atoms with Crippen LogP contribution in [0.5, 0.6) is 0 Å². The van der Waals surface area contributed by atoms with Crippen LogP contribution in [0.2, 0.25) is 0 Å². The van der Waals surface area contributed by atoms with Gasteiger partial charge in [-0.05, 0) is 63.6 Å². The zero-order chi connectivity index (χ0) is 23.8. The van der Waals surface area contributed by atoms with Crippen LogP contribution >= 0.6 is 0 Å². The SMILES string of the molecule is CCN(C[C@H]1CC[C@H](C(F)(F)F)CC1)c1ncnc2c1ccn2S(=O)(=O)c1ccc(C)cc1. The summed E-state index contributed by atoms with van der Waals surface area (Å²) in [6, 6.07) is 8.29. The number of hydrogen-bond acceptors (Lipinski definition) is 5. The summed E-state index contributed by atoms with van der Waals surface area (Å²) < 4.78 is 66.5. The van der Waals surface area contributed by atoms with Gasteiger partial charge in [-0.3, -0.25) is 0 Å². The standard InChI is InChI=1S/C23H27F3N4O2S/c1-3-29(14-17-6-8-18(9-7-17)23(24,25)26)21-20-12-13-30(22(20)28-15-27-21)33(31,32)19-10-4-16(2)5-11-19/h4-5,10-13,15,17-18H,3,6-9,14H2,1-2H3/t17-,18-. The summed E-state index contributed by atoms with van der Waals surface area (Å²) in [5, 5.41) is 0.596. The van der Waals surface area contributed by atoms with Gasteiger partial charge in [-0.15, -0.1) is 0 Å². The molecule has 0 saturated heterocycles. The smallest absolute Gasteiger partial charge is 0.356 e. The number of rotatable bonds is 6. The van der Waals surface area contributed by atoms with E-state index in [1.165, 1.54) is 12.5 Å². The van der Waals surface area contributed by atoms with Crippen molar-refractivity contribution in [2.24, 2.45) is 11.8 Å². The molecule has 0 spiro atoms. The van der Waals surface area contributed by atoms with E-state index < -0.39 is 22.1 Å². The van der Waals surface area contributed by atoms with Gasteiger partial charge in [0.1, 0.15) is 12.1 Å². The average Bonchev–Trinajstić information content (AvgIpc) is 3.23. The van der Waals surface area contributed by atoms with Crippen molar-refractivity contribution < 1.29 is 21.6 Å². The molecule has 1 aromatic carbocycles. The minimum atomic E-state index is -4.12. The summed E-state index contributed by atoms with van der Waals surface area (Å²) in [6.45, 7) is 5.01. The van der Waals surface area contributed by atoms with Crippen LogP contribution in [0.25, 0.3) is 11.0 Å². The lowest BCUT2D eigenvalue weighted by Crippen LogP contribution is -2.34. The number of anilines is 1. The van der Waals surface area contributed by atoms with Gasteiger partial charge in [0, 0.05) is 19.3 Å². The summed E-state index contributed by atoms with van der Waals surface area (Å²) in [5.74, 6) is -0.485. The van der Waals surface area contributed by atoms with Crippen LogP contribution in [0.3, 0.4) is 0 Å². The Bertz CT molecular complexity index is 1210. The lowest BCUT2D eigenvalue weighted by Gasteiger charge is -2.33. The molecule has 0 bridgehead atoms. The Morgan fingerprint density at radius 2 is 1.73 bits per heavy atom. The van der Waals surface area contributed by atoms with Crippen molar-refractivity contribution >= 4 is 26.9 Å². The van der Waals surface area contributed by atoms with Gasteiger partial charge in [-0.25, -0.2) is 22.4 Å². The largest absolute Gasteiger partial charge is 0.391 e. The maximum Gasteiger partial charge on any atom is 0.391 e. The molecular formula is C23H27F3N4O2S. The van der Waals surface area contributed by atoms with E-state index >= 15 is 0 Å². The van der Waals surface area contributed by atoms with Gasteiger partial charge in [0.15, 0.2) is 5.65 Å². The van der Waals surface area contributed by atoms with Crippen LogP contribution in [0, 0.1) is 18.8 Å². The highest BCUT2D eigenvalue weighted by atomic mass is 32.2. The van der Waals surface area contributed by atoms with Gasteiger partial charge in [0.2, 0.25) is 0 Å². The summed E-state index contributed by atoms with van der Waals surface area (Å²) in [5.41, 5.74) is 1.23. The molecule has 2 heterocycles. The second-order valence-electron chi connectivity index (χ2n) is 8.66. The van der Waals surface area contributed by atoms with Crippen LogP contribution in [-0.4, -0.2) is 41.6 Å². The monoisotopic (exact) mass is 480 g/mol. The number of aryl methyl sites for hydroxylation is 1. The second kappa shape index (κ2) is 8.96. The molecule has 1 aliphatic rings. The molecule has 0 unspecified atom stereocenters. The quantitative estimate of drug-likeness (QED) is 0.487. The van der Waals surface area contributed by atoms with Crippen molar-refractivity contribution in [2.45, 2.75) is 50.6 Å². The maximum atomic E-state index is 13.2. The number of benzene rings is 1. The fourth-order valence-electron chi connectivity index (χ4n) is 4.53. The topological polar surface area (TPSA) is 68.1 Å². The van der Waals surface area contributed by atoms with E-state index in [1.54, 1.807) is 30.3 Å². The molecule has 0 atom stereocenters. The van der Waals surface area contributed by atoms with Crippen molar-refractivity contribution in [3.63, 3.8) is 0 Å². The molecule has 10 heteroatoms. The van der Waals surface area contributed by atoms with Gasteiger partial charge in [0.25, 0.3) is 10.0 Å². The fourth-order valence-corrected chi connectivity index (χ4v) is 5.84. The molecule has 0 aliphatic heterocycles. The van der Waals surface area contributed by atoms with Crippen molar-refractivity contribution in [3.8, 4) is 0 Å². The molecule has 1 aliphatic carbocycles. The third-order valence-electron chi connectivity index (χ3n) is 6.47. The van der Waals surface area contributed by atoms with E-state index in [0.717, 1.165) is 9.54 Å². The number of alkyl halides is 3. The zero-order valence-electron chi connectivity index (χ0n) is 18.6. The van der Waals surface area contributed by atoms with E-state index in [2.05, 4.69) is 9.97 Å². The van der Waals surface area contributed by atoms with E-state index in [1.807, 2.05) is 18.7 Å². The first kappa shape index (κ1) is 23.5. The first-order valence-electron chi connectivity index (χ1n) is 11.1. The Hall–Kier alpha value is -2.62. The van der Waals surface area contributed by atoms with Gasteiger partial charge in [0.05, 0.1) is 16.2 Å². The molecule has 1 saturated carbocycles. The number of nitrogens with zero attached hydrogens (tertiary/aromatic N) is 4. The molecule has 6 nitrogen and oxygen atoms in total. The normalized spacial score (nSPS) is 19.7. The van der Waals surface area contributed by atoms with E-state index in [0.29, 0.717) is 37.1 Å². The molecule has 33 heavy (non-hydrogen) atoms. The highest BCUT2D eigenvalue weighted by Crippen LogP contribution is 2.40.